The van der Waals surface area contributed by atoms with Crippen LogP contribution in [0.1, 0.15) is 56.2 Å². The van der Waals surface area contributed by atoms with Crippen molar-refractivity contribution in [1.82, 2.24) is 10.1 Å². The van der Waals surface area contributed by atoms with Gasteiger partial charge < -0.3 is 10.3 Å². The zero-order chi connectivity index (χ0) is 9.80. The smallest absolute Gasteiger partial charge is 0.229 e. The maximum atomic E-state index is 5.44. The average Bonchev–Trinajstić information content (AvgIpc) is 2.53. The fourth-order valence-electron chi connectivity index (χ4n) is 2.04. The van der Waals surface area contributed by atoms with Gasteiger partial charge in [-0.15, -0.1) is 0 Å². The molecule has 1 aliphatic rings. The first-order chi connectivity index (χ1) is 6.90. The summed E-state index contributed by atoms with van der Waals surface area (Å²) >= 11 is 0. The van der Waals surface area contributed by atoms with Gasteiger partial charge in [0.15, 0.2) is 5.82 Å². The highest BCUT2D eigenvalue weighted by atomic mass is 16.5. The van der Waals surface area contributed by atoms with E-state index in [0.717, 1.165) is 5.89 Å². The lowest BCUT2D eigenvalue weighted by atomic mass is 10.0. The van der Waals surface area contributed by atoms with E-state index in [0.29, 0.717) is 18.3 Å². The highest BCUT2D eigenvalue weighted by molar-refractivity contribution is 4.94. The van der Waals surface area contributed by atoms with Crippen LogP contribution in [0.4, 0.5) is 0 Å². The minimum absolute atomic E-state index is 0.371. The standard InChI is InChI=1S/C10H17N3O/c11-7-9-12-10(14-13-9)8-5-3-1-2-4-6-8/h8H,1-7,11H2. The van der Waals surface area contributed by atoms with Crippen LogP contribution in [0.2, 0.25) is 0 Å². The molecule has 4 heteroatoms. The highest BCUT2D eigenvalue weighted by Crippen LogP contribution is 2.30. The van der Waals surface area contributed by atoms with E-state index in [2.05, 4.69) is 10.1 Å². The highest BCUT2D eigenvalue weighted by Gasteiger charge is 2.19. The Morgan fingerprint density at radius 1 is 1.21 bits per heavy atom. The molecule has 1 aromatic rings. The van der Waals surface area contributed by atoms with Crippen LogP contribution in [0.25, 0.3) is 0 Å². The minimum atomic E-state index is 0.371. The van der Waals surface area contributed by atoms with E-state index in [1.54, 1.807) is 0 Å². The van der Waals surface area contributed by atoms with Gasteiger partial charge in [0, 0.05) is 5.92 Å². The van der Waals surface area contributed by atoms with Crippen LogP contribution in [0.15, 0.2) is 4.52 Å². The van der Waals surface area contributed by atoms with Crippen LogP contribution in [-0.4, -0.2) is 10.1 Å². The van der Waals surface area contributed by atoms with Gasteiger partial charge in [0.05, 0.1) is 6.54 Å². The molecule has 0 aliphatic heterocycles. The molecule has 14 heavy (non-hydrogen) atoms. The lowest BCUT2D eigenvalue weighted by Crippen LogP contribution is -2.00. The van der Waals surface area contributed by atoms with Gasteiger partial charge in [-0.3, -0.25) is 0 Å². The molecule has 0 saturated heterocycles. The topological polar surface area (TPSA) is 64.9 Å². The first-order valence-electron chi connectivity index (χ1n) is 5.42. The van der Waals surface area contributed by atoms with Gasteiger partial charge in [-0.2, -0.15) is 4.98 Å². The van der Waals surface area contributed by atoms with Crippen LogP contribution in [0.5, 0.6) is 0 Å². The second kappa shape index (κ2) is 4.55. The quantitative estimate of drug-likeness (QED) is 0.733. The zero-order valence-corrected chi connectivity index (χ0v) is 8.41. The Bertz CT molecular complexity index is 277. The second-order valence-corrected chi connectivity index (χ2v) is 3.94. The molecule has 0 unspecified atom stereocenters. The molecular formula is C10H17N3O. The van der Waals surface area contributed by atoms with Gasteiger partial charge in [0.2, 0.25) is 5.89 Å². The summed E-state index contributed by atoms with van der Waals surface area (Å²) in [5.41, 5.74) is 5.44. The summed E-state index contributed by atoms with van der Waals surface area (Å²) in [6.45, 7) is 0.371. The molecule has 2 rings (SSSR count). The molecular weight excluding hydrogens is 178 g/mol. The molecule has 4 nitrogen and oxygen atoms in total. The van der Waals surface area contributed by atoms with Crippen molar-refractivity contribution in [2.24, 2.45) is 5.73 Å². The van der Waals surface area contributed by atoms with Crippen LogP contribution >= 0.6 is 0 Å². The molecule has 0 amide bonds. The van der Waals surface area contributed by atoms with Crippen LogP contribution in [0.3, 0.4) is 0 Å². The first kappa shape index (κ1) is 9.65. The summed E-state index contributed by atoms with van der Waals surface area (Å²) in [6.07, 6.45) is 7.62. The van der Waals surface area contributed by atoms with Gasteiger partial charge in [0.1, 0.15) is 0 Å². The molecule has 1 aromatic heterocycles. The van der Waals surface area contributed by atoms with E-state index >= 15 is 0 Å². The Labute approximate surface area is 83.9 Å². The zero-order valence-electron chi connectivity index (χ0n) is 8.41. The maximum Gasteiger partial charge on any atom is 0.229 e. The van der Waals surface area contributed by atoms with E-state index in [9.17, 15) is 0 Å². The molecule has 0 radical (unpaired) electrons. The third-order valence-electron chi connectivity index (χ3n) is 2.87. The van der Waals surface area contributed by atoms with Crippen LogP contribution < -0.4 is 5.73 Å². The molecule has 1 saturated carbocycles. The molecule has 1 aliphatic carbocycles. The Balaban J connectivity index is 2.04. The Kier molecular flexibility index (Phi) is 3.14. The van der Waals surface area contributed by atoms with Crippen molar-refractivity contribution < 1.29 is 4.52 Å². The molecule has 0 atom stereocenters. The van der Waals surface area contributed by atoms with Crippen molar-refractivity contribution in [3.63, 3.8) is 0 Å². The van der Waals surface area contributed by atoms with Crippen LogP contribution in [0, 0.1) is 0 Å². The number of hydrogen-bond donors (Lipinski definition) is 1. The monoisotopic (exact) mass is 195 g/mol. The van der Waals surface area contributed by atoms with E-state index in [1.807, 2.05) is 0 Å². The average molecular weight is 195 g/mol. The molecule has 1 heterocycles. The molecule has 2 N–H and O–H groups in total. The summed E-state index contributed by atoms with van der Waals surface area (Å²) in [4.78, 5) is 4.29. The van der Waals surface area contributed by atoms with Gasteiger partial charge >= 0.3 is 0 Å². The van der Waals surface area contributed by atoms with Crippen molar-refractivity contribution in [2.45, 2.75) is 51.0 Å². The largest absolute Gasteiger partial charge is 0.339 e. The normalized spacial score (nSPS) is 19.5. The number of aromatic nitrogens is 2. The number of rotatable bonds is 2. The number of nitrogens with two attached hydrogens (primary N) is 1. The summed E-state index contributed by atoms with van der Waals surface area (Å²) in [5, 5.41) is 3.83. The molecule has 0 aromatic carbocycles. The third kappa shape index (κ3) is 2.12. The van der Waals surface area contributed by atoms with Crippen molar-refractivity contribution in [1.29, 1.82) is 0 Å². The molecule has 78 valence electrons. The van der Waals surface area contributed by atoms with E-state index in [1.165, 1.54) is 38.5 Å². The predicted octanol–water partition coefficient (Wildman–Crippen LogP) is 1.97. The van der Waals surface area contributed by atoms with E-state index in [4.69, 9.17) is 10.3 Å². The maximum absolute atomic E-state index is 5.44. The van der Waals surface area contributed by atoms with E-state index in [-0.39, 0.29) is 0 Å². The SMILES string of the molecule is NCc1noc(C2CCCCCC2)n1. The first-order valence-corrected chi connectivity index (χ1v) is 5.42. The fourth-order valence-corrected chi connectivity index (χ4v) is 2.04. The number of nitrogens with zero attached hydrogens (tertiary/aromatic N) is 2. The van der Waals surface area contributed by atoms with E-state index < -0.39 is 0 Å². The van der Waals surface area contributed by atoms with Crippen molar-refractivity contribution in [3.8, 4) is 0 Å². The van der Waals surface area contributed by atoms with Gasteiger partial charge in [0.25, 0.3) is 0 Å². The van der Waals surface area contributed by atoms with Gasteiger partial charge in [-0.25, -0.2) is 0 Å². The summed E-state index contributed by atoms with van der Waals surface area (Å²) in [5.74, 6) is 1.90. The van der Waals surface area contributed by atoms with Crippen molar-refractivity contribution in [3.05, 3.63) is 11.7 Å². The molecule has 0 spiro atoms. The molecule has 0 bridgehead atoms. The Morgan fingerprint density at radius 2 is 1.93 bits per heavy atom. The second-order valence-electron chi connectivity index (χ2n) is 3.94. The van der Waals surface area contributed by atoms with Crippen molar-refractivity contribution in [2.75, 3.05) is 0 Å². The minimum Gasteiger partial charge on any atom is -0.339 e. The predicted molar refractivity (Wildman–Crippen MR) is 52.6 cm³/mol. The Hall–Kier alpha value is -0.900. The van der Waals surface area contributed by atoms with Crippen molar-refractivity contribution >= 4 is 0 Å². The molecule has 1 fully saturated rings. The summed E-state index contributed by atoms with van der Waals surface area (Å²) in [7, 11) is 0. The third-order valence-corrected chi connectivity index (χ3v) is 2.87. The van der Waals surface area contributed by atoms with Crippen LogP contribution in [-0.2, 0) is 6.54 Å². The lowest BCUT2D eigenvalue weighted by molar-refractivity contribution is 0.337. The van der Waals surface area contributed by atoms with Gasteiger partial charge in [-0.1, -0.05) is 30.8 Å². The summed E-state index contributed by atoms with van der Waals surface area (Å²) in [6, 6.07) is 0. The Morgan fingerprint density at radius 3 is 2.50 bits per heavy atom. The van der Waals surface area contributed by atoms with Gasteiger partial charge in [-0.05, 0) is 12.8 Å². The lowest BCUT2D eigenvalue weighted by Gasteiger charge is -2.06. The fraction of sp³-hybridized carbons (Fsp3) is 0.800. The summed E-state index contributed by atoms with van der Waals surface area (Å²) < 4.78 is 5.21. The number of hydrogen-bond acceptors (Lipinski definition) is 4.